The predicted molar refractivity (Wildman–Crippen MR) is 161 cm³/mol. The Balaban J connectivity index is 2.08. The highest BCUT2D eigenvalue weighted by Gasteiger charge is 2.34. The molecule has 0 saturated carbocycles. The number of benzene rings is 3. The first-order valence-electron chi connectivity index (χ1n) is 13.6. The van der Waals surface area contributed by atoms with Crippen molar-refractivity contribution in [2.75, 3.05) is 32.2 Å². The summed E-state index contributed by atoms with van der Waals surface area (Å²) in [5.41, 5.74) is 1.02. The van der Waals surface area contributed by atoms with Crippen molar-refractivity contribution in [3.63, 3.8) is 0 Å². The second kappa shape index (κ2) is 14.6. The van der Waals surface area contributed by atoms with Gasteiger partial charge in [0.05, 0.1) is 31.9 Å². The van der Waals surface area contributed by atoms with Gasteiger partial charge in [0.25, 0.3) is 10.0 Å². The van der Waals surface area contributed by atoms with Crippen LogP contribution < -0.4 is 23.8 Å². The maximum Gasteiger partial charge on any atom is 0.264 e. The van der Waals surface area contributed by atoms with Crippen LogP contribution in [-0.2, 0) is 26.2 Å². The normalized spacial score (nSPS) is 11.9. The number of hydrogen-bond donors (Lipinski definition) is 1. The quantitative estimate of drug-likeness (QED) is 0.296. The Kier molecular flexibility index (Phi) is 11.2. The molecule has 0 unspecified atom stereocenters. The minimum atomic E-state index is -4.27. The SMILES string of the molecule is CC[C@H](C(=O)NC(C)C)N(Cc1cccc(OC)c1)C(=O)CN(c1ccccc1)S(=O)(=O)c1ccc(OC)c(OC)c1. The second-order valence-electron chi connectivity index (χ2n) is 9.82. The molecule has 42 heavy (non-hydrogen) atoms. The monoisotopic (exact) mass is 597 g/mol. The Labute approximate surface area is 248 Å². The van der Waals surface area contributed by atoms with Gasteiger partial charge < -0.3 is 24.4 Å². The van der Waals surface area contributed by atoms with E-state index >= 15 is 0 Å². The minimum absolute atomic E-state index is 0.0685. The number of sulfonamides is 1. The van der Waals surface area contributed by atoms with E-state index in [9.17, 15) is 18.0 Å². The van der Waals surface area contributed by atoms with Gasteiger partial charge in [-0.05, 0) is 62.2 Å². The maximum atomic E-state index is 14.1. The number of hydrogen-bond acceptors (Lipinski definition) is 7. The van der Waals surface area contributed by atoms with E-state index in [0.717, 1.165) is 9.87 Å². The van der Waals surface area contributed by atoms with Crippen molar-refractivity contribution in [1.82, 2.24) is 10.2 Å². The Hall–Kier alpha value is -4.25. The lowest BCUT2D eigenvalue weighted by Crippen LogP contribution is -2.53. The average molecular weight is 598 g/mol. The Bertz CT molecular complexity index is 1460. The fraction of sp³-hybridized carbons (Fsp3) is 0.355. The topological polar surface area (TPSA) is 114 Å². The first-order valence-corrected chi connectivity index (χ1v) is 15.0. The van der Waals surface area contributed by atoms with E-state index in [4.69, 9.17) is 14.2 Å². The van der Waals surface area contributed by atoms with Crippen molar-refractivity contribution in [2.45, 2.75) is 50.7 Å². The van der Waals surface area contributed by atoms with Crippen molar-refractivity contribution in [1.29, 1.82) is 0 Å². The molecule has 3 aromatic carbocycles. The number of para-hydroxylation sites is 1. The highest BCUT2D eigenvalue weighted by molar-refractivity contribution is 7.92. The molecule has 0 bridgehead atoms. The standard InChI is InChI=1S/C31H39N3O7S/c1-7-27(31(36)32-22(2)3)33(20-23-12-11-15-25(18-23)39-4)30(35)21-34(24-13-9-8-10-14-24)42(37,38)26-16-17-28(40-5)29(19-26)41-6/h8-19,22,27H,7,20-21H2,1-6H3,(H,32,36)/t27-/m1/s1. The molecule has 3 rings (SSSR count). The van der Waals surface area contributed by atoms with Gasteiger partial charge in [0.1, 0.15) is 18.3 Å². The van der Waals surface area contributed by atoms with Crippen molar-refractivity contribution < 1.29 is 32.2 Å². The van der Waals surface area contributed by atoms with Gasteiger partial charge in [-0.2, -0.15) is 0 Å². The smallest absolute Gasteiger partial charge is 0.264 e. The zero-order valence-electron chi connectivity index (χ0n) is 24.9. The summed E-state index contributed by atoms with van der Waals surface area (Å²) in [5.74, 6) is 0.329. The lowest BCUT2D eigenvalue weighted by atomic mass is 10.1. The van der Waals surface area contributed by atoms with Crippen LogP contribution in [0.15, 0.2) is 77.7 Å². The van der Waals surface area contributed by atoms with Gasteiger partial charge in [0.15, 0.2) is 11.5 Å². The second-order valence-corrected chi connectivity index (χ2v) is 11.7. The van der Waals surface area contributed by atoms with Crippen molar-refractivity contribution >= 4 is 27.5 Å². The van der Waals surface area contributed by atoms with Crippen LogP contribution in [0.25, 0.3) is 0 Å². The summed E-state index contributed by atoms with van der Waals surface area (Å²) in [7, 11) is 0.148. The zero-order valence-corrected chi connectivity index (χ0v) is 25.7. The minimum Gasteiger partial charge on any atom is -0.497 e. The number of anilines is 1. The van der Waals surface area contributed by atoms with Crippen LogP contribution >= 0.6 is 0 Å². The number of nitrogens with one attached hydrogen (secondary N) is 1. The fourth-order valence-electron chi connectivity index (χ4n) is 4.49. The summed E-state index contributed by atoms with van der Waals surface area (Å²) in [4.78, 5) is 28.7. The van der Waals surface area contributed by atoms with Crippen LogP contribution in [-0.4, -0.2) is 65.1 Å². The molecule has 0 aliphatic heterocycles. The van der Waals surface area contributed by atoms with Crippen LogP contribution in [0.2, 0.25) is 0 Å². The van der Waals surface area contributed by atoms with E-state index in [1.54, 1.807) is 55.6 Å². The van der Waals surface area contributed by atoms with Crippen LogP contribution in [0.5, 0.6) is 17.2 Å². The number of nitrogens with zero attached hydrogens (tertiary/aromatic N) is 2. The number of carbonyl (C=O) groups excluding carboxylic acids is 2. The Morgan fingerprint density at radius 3 is 2.14 bits per heavy atom. The number of methoxy groups -OCH3 is 3. The average Bonchev–Trinajstić information content (AvgIpc) is 2.99. The van der Waals surface area contributed by atoms with Gasteiger partial charge in [0.2, 0.25) is 11.8 Å². The van der Waals surface area contributed by atoms with Crippen LogP contribution in [0, 0.1) is 0 Å². The summed E-state index contributed by atoms with van der Waals surface area (Å²) in [6.45, 7) is 5.01. The highest BCUT2D eigenvalue weighted by atomic mass is 32.2. The van der Waals surface area contributed by atoms with Crippen molar-refractivity contribution in [3.05, 3.63) is 78.4 Å². The van der Waals surface area contributed by atoms with Gasteiger partial charge in [-0.15, -0.1) is 0 Å². The predicted octanol–water partition coefficient (Wildman–Crippen LogP) is 4.24. The Morgan fingerprint density at radius 2 is 1.55 bits per heavy atom. The molecule has 226 valence electrons. The Morgan fingerprint density at radius 1 is 0.857 bits per heavy atom. The summed E-state index contributed by atoms with van der Waals surface area (Å²) in [5, 5.41) is 2.89. The third-order valence-electron chi connectivity index (χ3n) is 6.57. The molecule has 0 heterocycles. The molecular weight excluding hydrogens is 558 g/mol. The molecule has 0 spiro atoms. The summed E-state index contributed by atoms with van der Waals surface area (Å²) in [6, 6.07) is 18.8. The lowest BCUT2D eigenvalue weighted by molar-refractivity contribution is -0.140. The summed E-state index contributed by atoms with van der Waals surface area (Å²) in [6.07, 6.45) is 0.321. The molecule has 1 atom stereocenters. The molecule has 1 N–H and O–H groups in total. The maximum absolute atomic E-state index is 14.1. The molecule has 0 radical (unpaired) electrons. The molecule has 0 fully saturated rings. The summed E-state index contributed by atoms with van der Waals surface area (Å²) < 4.78 is 45.1. The molecule has 3 aromatic rings. The lowest BCUT2D eigenvalue weighted by Gasteiger charge is -2.33. The zero-order chi connectivity index (χ0) is 30.9. The molecule has 0 aliphatic carbocycles. The van der Waals surface area contributed by atoms with Gasteiger partial charge in [-0.3, -0.25) is 13.9 Å². The first-order chi connectivity index (χ1) is 20.0. The number of ether oxygens (including phenoxy) is 3. The third kappa shape index (κ3) is 7.73. The molecule has 0 saturated heterocycles. The molecule has 11 heteroatoms. The molecule has 10 nitrogen and oxygen atoms in total. The number of rotatable bonds is 14. The molecular formula is C31H39N3O7S. The van der Waals surface area contributed by atoms with Crippen LogP contribution in [0.1, 0.15) is 32.8 Å². The van der Waals surface area contributed by atoms with Crippen LogP contribution in [0.4, 0.5) is 5.69 Å². The molecule has 2 amide bonds. The third-order valence-corrected chi connectivity index (χ3v) is 8.34. The van der Waals surface area contributed by atoms with Gasteiger partial charge in [-0.25, -0.2) is 8.42 Å². The van der Waals surface area contributed by atoms with Gasteiger partial charge in [-0.1, -0.05) is 37.3 Å². The fourth-order valence-corrected chi connectivity index (χ4v) is 5.93. The van der Waals surface area contributed by atoms with Crippen molar-refractivity contribution in [2.24, 2.45) is 0 Å². The molecule has 0 aliphatic rings. The summed E-state index contributed by atoms with van der Waals surface area (Å²) >= 11 is 0. The molecule has 0 aromatic heterocycles. The largest absolute Gasteiger partial charge is 0.497 e. The van der Waals surface area contributed by atoms with Crippen molar-refractivity contribution in [3.8, 4) is 17.2 Å². The van der Waals surface area contributed by atoms with E-state index < -0.39 is 28.5 Å². The van der Waals surface area contributed by atoms with E-state index in [2.05, 4.69) is 5.32 Å². The van der Waals surface area contributed by atoms with E-state index in [0.29, 0.717) is 23.6 Å². The van der Waals surface area contributed by atoms with E-state index in [-0.39, 0.29) is 29.1 Å². The van der Waals surface area contributed by atoms with E-state index in [1.807, 2.05) is 26.8 Å². The van der Waals surface area contributed by atoms with E-state index in [1.165, 1.54) is 37.3 Å². The van der Waals surface area contributed by atoms with Crippen LogP contribution in [0.3, 0.4) is 0 Å². The number of carbonyl (C=O) groups is 2. The highest BCUT2D eigenvalue weighted by Crippen LogP contribution is 2.32. The number of amides is 2. The van der Waals surface area contributed by atoms with Gasteiger partial charge >= 0.3 is 0 Å². The first kappa shape index (κ1) is 32.3. The van der Waals surface area contributed by atoms with Gasteiger partial charge in [0, 0.05) is 18.7 Å².